The summed E-state index contributed by atoms with van der Waals surface area (Å²) in [5.41, 5.74) is 2.37. The Hall–Kier alpha value is -4.45. The second-order valence-corrected chi connectivity index (χ2v) is 7.29. The van der Waals surface area contributed by atoms with Gasteiger partial charge in [0.15, 0.2) is 0 Å². The highest BCUT2D eigenvalue weighted by Crippen LogP contribution is 2.23. The Kier molecular flexibility index (Phi) is 5.32. The number of benzene rings is 3. The van der Waals surface area contributed by atoms with E-state index in [1.165, 1.54) is 0 Å². The molecule has 2 aromatic heterocycles. The van der Waals surface area contributed by atoms with Gasteiger partial charge in [-0.1, -0.05) is 48.5 Å². The molecule has 6 heteroatoms. The summed E-state index contributed by atoms with van der Waals surface area (Å²) in [4.78, 5) is 21.7. The molecule has 0 aliphatic carbocycles. The van der Waals surface area contributed by atoms with Gasteiger partial charge in [0.1, 0.15) is 11.5 Å². The van der Waals surface area contributed by atoms with Crippen molar-refractivity contribution in [2.75, 3.05) is 5.32 Å². The molecular formula is C26H20N4O2. The summed E-state index contributed by atoms with van der Waals surface area (Å²) >= 11 is 0. The van der Waals surface area contributed by atoms with Crippen molar-refractivity contribution in [2.24, 2.45) is 0 Å². The van der Waals surface area contributed by atoms with E-state index in [-0.39, 0.29) is 5.56 Å². The Morgan fingerprint density at radius 2 is 1.50 bits per heavy atom. The van der Waals surface area contributed by atoms with E-state index in [9.17, 15) is 4.79 Å². The van der Waals surface area contributed by atoms with Crippen LogP contribution < -0.4 is 15.6 Å². The molecule has 0 unspecified atom stereocenters. The van der Waals surface area contributed by atoms with Crippen molar-refractivity contribution < 1.29 is 4.74 Å². The third-order valence-electron chi connectivity index (χ3n) is 5.01. The smallest absolute Gasteiger partial charge is 0.261 e. The summed E-state index contributed by atoms with van der Waals surface area (Å²) in [6.45, 7) is 0.507. The molecule has 0 radical (unpaired) electrons. The maximum Gasteiger partial charge on any atom is 0.261 e. The highest BCUT2D eigenvalue weighted by Gasteiger charge is 2.07. The van der Waals surface area contributed by atoms with Gasteiger partial charge in [0.2, 0.25) is 5.95 Å². The molecule has 0 bridgehead atoms. The minimum absolute atomic E-state index is 0.111. The highest BCUT2D eigenvalue weighted by atomic mass is 16.5. The first-order valence-electron chi connectivity index (χ1n) is 10.2. The molecule has 0 spiro atoms. The molecular weight excluding hydrogens is 400 g/mol. The fourth-order valence-electron chi connectivity index (χ4n) is 3.39. The van der Waals surface area contributed by atoms with Crippen LogP contribution in [0.5, 0.6) is 11.5 Å². The number of anilines is 2. The van der Waals surface area contributed by atoms with Gasteiger partial charge in [-0.2, -0.15) is 0 Å². The number of pyridine rings is 1. The second-order valence-electron chi connectivity index (χ2n) is 7.29. The molecule has 1 N–H and O–H groups in total. The Labute approximate surface area is 184 Å². The van der Waals surface area contributed by atoms with Crippen LogP contribution in [0.3, 0.4) is 0 Å². The van der Waals surface area contributed by atoms with E-state index in [0.29, 0.717) is 23.4 Å². The van der Waals surface area contributed by atoms with E-state index >= 15 is 0 Å². The standard InChI is InChI=1S/C26H20N4O2/c31-25-23-17-27-26(29-24(23)15-16-30(25)18-19-7-3-1-4-8-19)28-20-11-13-22(14-12-20)32-21-9-5-2-6-10-21/h1-17H,18H2,(H,27,28,29). The van der Waals surface area contributed by atoms with Crippen LogP contribution >= 0.6 is 0 Å². The summed E-state index contributed by atoms with van der Waals surface area (Å²) in [6, 6.07) is 28.9. The number of hydrogen-bond acceptors (Lipinski definition) is 5. The van der Waals surface area contributed by atoms with Crippen LogP contribution in [0.2, 0.25) is 0 Å². The number of aromatic nitrogens is 3. The summed E-state index contributed by atoms with van der Waals surface area (Å²) in [5.74, 6) is 1.94. The summed E-state index contributed by atoms with van der Waals surface area (Å²) in [6.07, 6.45) is 3.34. The number of rotatable bonds is 6. The van der Waals surface area contributed by atoms with E-state index in [2.05, 4.69) is 15.3 Å². The lowest BCUT2D eigenvalue weighted by Gasteiger charge is -2.09. The van der Waals surface area contributed by atoms with Crippen LogP contribution in [0.4, 0.5) is 11.6 Å². The highest BCUT2D eigenvalue weighted by molar-refractivity contribution is 5.78. The van der Waals surface area contributed by atoms with Crippen molar-refractivity contribution in [3.63, 3.8) is 0 Å². The molecule has 0 aliphatic heterocycles. The zero-order valence-electron chi connectivity index (χ0n) is 17.2. The zero-order chi connectivity index (χ0) is 21.8. The first-order valence-corrected chi connectivity index (χ1v) is 10.2. The maximum atomic E-state index is 12.8. The third-order valence-corrected chi connectivity index (χ3v) is 5.01. The molecule has 0 fully saturated rings. The quantitative estimate of drug-likeness (QED) is 0.400. The van der Waals surface area contributed by atoms with Crippen molar-refractivity contribution in [3.05, 3.63) is 119 Å². The van der Waals surface area contributed by atoms with Gasteiger partial charge in [0.25, 0.3) is 5.56 Å². The predicted molar refractivity (Wildman–Crippen MR) is 126 cm³/mol. The van der Waals surface area contributed by atoms with Crippen LogP contribution in [-0.4, -0.2) is 14.5 Å². The molecule has 0 saturated carbocycles. The minimum atomic E-state index is -0.111. The Morgan fingerprint density at radius 3 is 2.25 bits per heavy atom. The SMILES string of the molecule is O=c1c2cnc(Nc3ccc(Oc4ccccc4)cc3)nc2ccn1Cc1ccccc1. The Morgan fingerprint density at radius 1 is 0.812 bits per heavy atom. The van der Waals surface area contributed by atoms with Gasteiger partial charge < -0.3 is 14.6 Å². The number of hydrogen-bond donors (Lipinski definition) is 1. The van der Waals surface area contributed by atoms with Gasteiger partial charge in [-0.05, 0) is 48.0 Å². The van der Waals surface area contributed by atoms with Gasteiger partial charge in [0, 0.05) is 18.1 Å². The van der Waals surface area contributed by atoms with Crippen LogP contribution in [0, 0.1) is 0 Å². The molecule has 32 heavy (non-hydrogen) atoms. The molecule has 0 saturated heterocycles. The van der Waals surface area contributed by atoms with Gasteiger partial charge in [-0.3, -0.25) is 4.79 Å². The van der Waals surface area contributed by atoms with Gasteiger partial charge in [0.05, 0.1) is 17.4 Å². The topological polar surface area (TPSA) is 69.0 Å². The van der Waals surface area contributed by atoms with Crippen LogP contribution in [0.25, 0.3) is 10.9 Å². The molecule has 0 aliphatic rings. The molecule has 156 valence electrons. The van der Waals surface area contributed by atoms with Crippen LogP contribution in [0.15, 0.2) is 108 Å². The predicted octanol–water partition coefficient (Wildman–Crippen LogP) is 5.38. The number of nitrogens with zero attached hydrogens (tertiary/aromatic N) is 3. The van der Waals surface area contributed by atoms with E-state index < -0.39 is 0 Å². The van der Waals surface area contributed by atoms with Crippen LogP contribution in [0.1, 0.15) is 5.56 Å². The molecule has 5 rings (SSSR count). The molecule has 2 heterocycles. The van der Waals surface area contributed by atoms with E-state index in [1.54, 1.807) is 17.0 Å². The number of ether oxygens (including phenoxy) is 1. The van der Waals surface area contributed by atoms with E-state index in [1.807, 2.05) is 91.0 Å². The Balaban J connectivity index is 1.32. The first-order chi connectivity index (χ1) is 15.7. The van der Waals surface area contributed by atoms with Gasteiger partial charge >= 0.3 is 0 Å². The van der Waals surface area contributed by atoms with E-state index in [4.69, 9.17) is 4.74 Å². The molecule has 0 amide bonds. The fourth-order valence-corrected chi connectivity index (χ4v) is 3.39. The lowest BCUT2D eigenvalue weighted by Crippen LogP contribution is -2.20. The molecule has 5 aromatic rings. The first kappa shape index (κ1) is 19.5. The average Bonchev–Trinajstić information content (AvgIpc) is 2.84. The maximum absolute atomic E-state index is 12.8. The lowest BCUT2D eigenvalue weighted by atomic mass is 10.2. The summed E-state index contributed by atoms with van der Waals surface area (Å²) < 4.78 is 7.48. The largest absolute Gasteiger partial charge is 0.457 e. The summed E-state index contributed by atoms with van der Waals surface area (Å²) in [7, 11) is 0. The second kappa shape index (κ2) is 8.73. The lowest BCUT2D eigenvalue weighted by molar-refractivity contribution is 0.483. The minimum Gasteiger partial charge on any atom is -0.457 e. The average molecular weight is 420 g/mol. The van der Waals surface area contributed by atoms with Crippen molar-refractivity contribution in [3.8, 4) is 11.5 Å². The van der Waals surface area contributed by atoms with Crippen LogP contribution in [-0.2, 0) is 6.54 Å². The third kappa shape index (κ3) is 4.34. The molecule has 6 nitrogen and oxygen atoms in total. The van der Waals surface area contributed by atoms with Gasteiger partial charge in [-0.15, -0.1) is 0 Å². The number of nitrogens with one attached hydrogen (secondary N) is 1. The van der Waals surface area contributed by atoms with Crippen molar-refractivity contribution in [1.82, 2.24) is 14.5 Å². The van der Waals surface area contributed by atoms with Crippen molar-refractivity contribution >= 4 is 22.5 Å². The summed E-state index contributed by atoms with van der Waals surface area (Å²) in [5, 5.41) is 3.66. The molecule has 0 atom stereocenters. The van der Waals surface area contributed by atoms with Crippen molar-refractivity contribution in [1.29, 1.82) is 0 Å². The monoisotopic (exact) mass is 420 g/mol. The van der Waals surface area contributed by atoms with Gasteiger partial charge in [-0.25, -0.2) is 9.97 Å². The number of fused-ring (bicyclic) bond motifs is 1. The Bertz CT molecular complexity index is 1400. The molecule has 3 aromatic carbocycles. The normalized spacial score (nSPS) is 10.8. The zero-order valence-corrected chi connectivity index (χ0v) is 17.2. The van der Waals surface area contributed by atoms with E-state index in [0.717, 1.165) is 22.7 Å². The van der Waals surface area contributed by atoms with Crippen molar-refractivity contribution in [2.45, 2.75) is 6.54 Å². The fraction of sp³-hybridized carbons (Fsp3) is 0.0385. The number of para-hydroxylation sites is 1.